The standard InChI is InChI=1S/C22H20N6O2.4CH4O/c1-11-7-17(23)15-9-13(3-5-19(15)25-11)27-21(29)22(30)28-14-4-6-20-16(10-14)18(24)8-12(2)26-20;4*1-2/h3-10H,1-2H3,(H2,23,25)(H2,24,26)(H,27,29)(H,28,30);4*2H,1H3. The highest BCUT2D eigenvalue weighted by atomic mass is 16.2. The third kappa shape index (κ3) is 8.94. The second-order valence-corrected chi connectivity index (χ2v) is 7.08. The average molecular weight is 529 g/mol. The molecule has 2 aromatic carbocycles. The Balaban J connectivity index is 0.00000157. The Morgan fingerprint density at radius 3 is 1.24 bits per heavy atom. The monoisotopic (exact) mass is 528 g/mol. The molecule has 4 aromatic rings. The topological polar surface area (TPSA) is 217 Å². The van der Waals surface area contributed by atoms with Gasteiger partial charge in [-0.15, -0.1) is 0 Å². The lowest BCUT2D eigenvalue weighted by atomic mass is 10.1. The Kier molecular flexibility index (Phi) is 15.2. The van der Waals surface area contributed by atoms with Gasteiger partial charge < -0.3 is 42.5 Å². The van der Waals surface area contributed by atoms with Gasteiger partial charge in [-0.05, 0) is 62.4 Å². The van der Waals surface area contributed by atoms with Crippen molar-refractivity contribution in [1.82, 2.24) is 9.97 Å². The molecule has 2 heterocycles. The summed E-state index contributed by atoms with van der Waals surface area (Å²) >= 11 is 0. The second kappa shape index (κ2) is 17.2. The summed E-state index contributed by atoms with van der Waals surface area (Å²) in [5.41, 5.74) is 17.1. The van der Waals surface area contributed by atoms with Crippen LogP contribution in [0.1, 0.15) is 11.4 Å². The number of carbonyl (C=O) groups is 2. The van der Waals surface area contributed by atoms with Crippen molar-refractivity contribution >= 4 is 56.4 Å². The predicted molar refractivity (Wildman–Crippen MR) is 152 cm³/mol. The first-order chi connectivity index (χ1) is 18.3. The molecule has 0 unspecified atom stereocenters. The predicted octanol–water partition coefficient (Wildman–Crippen LogP) is 1.58. The highest BCUT2D eigenvalue weighted by molar-refractivity contribution is 6.43. The van der Waals surface area contributed by atoms with E-state index in [9.17, 15) is 9.59 Å². The zero-order valence-corrected chi connectivity index (χ0v) is 22.3. The summed E-state index contributed by atoms with van der Waals surface area (Å²) in [6, 6.07) is 13.7. The molecule has 0 aliphatic carbocycles. The van der Waals surface area contributed by atoms with Crippen LogP contribution in [0.3, 0.4) is 0 Å². The fraction of sp³-hybridized carbons (Fsp3) is 0.231. The van der Waals surface area contributed by atoms with Crippen molar-refractivity contribution in [1.29, 1.82) is 0 Å². The molecule has 0 aliphatic rings. The third-order valence-electron chi connectivity index (χ3n) is 4.66. The Bertz CT molecular complexity index is 1240. The van der Waals surface area contributed by atoms with Crippen LogP contribution in [0.2, 0.25) is 0 Å². The van der Waals surface area contributed by atoms with Crippen molar-refractivity contribution in [3.05, 3.63) is 59.9 Å². The molecule has 2 aromatic heterocycles. The van der Waals surface area contributed by atoms with E-state index in [4.69, 9.17) is 31.9 Å². The normalized spacial score (nSPS) is 9.21. The molecule has 0 bridgehead atoms. The fourth-order valence-corrected chi connectivity index (χ4v) is 3.31. The average Bonchev–Trinajstić information content (AvgIpc) is 2.93. The van der Waals surface area contributed by atoms with E-state index in [0.29, 0.717) is 44.6 Å². The van der Waals surface area contributed by atoms with Crippen LogP contribution in [0.4, 0.5) is 22.7 Å². The largest absolute Gasteiger partial charge is 0.400 e. The van der Waals surface area contributed by atoms with Crippen LogP contribution >= 0.6 is 0 Å². The highest BCUT2D eigenvalue weighted by Gasteiger charge is 2.15. The van der Waals surface area contributed by atoms with Gasteiger partial charge in [0, 0.05) is 73.3 Å². The van der Waals surface area contributed by atoms with Gasteiger partial charge in [0.2, 0.25) is 0 Å². The molecule has 12 heteroatoms. The summed E-state index contributed by atoms with van der Waals surface area (Å²) in [5.74, 6) is -1.61. The number of aliphatic hydroxyl groups is 4. The molecular formula is C26H36N6O6. The van der Waals surface area contributed by atoms with E-state index >= 15 is 0 Å². The van der Waals surface area contributed by atoms with Crippen LogP contribution in [0, 0.1) is 13.8 Å². The van der Waals surface area contributed by atoms with E-state index in [1.54, 1.807) is 48.5 Å². The Morgan fingerprint density at radius 1 is 0.605 bits per heavy atom. The van der Waals surface area contributed by atoms with Gasteiger partial charge >= 0.3 is 11.8 Å². The van der Waals surface area contributed by atoms with Gasteiger partial charge in [-0.25, -0.2) is 0 Å². The smallest absolute Gasteiger partial charge is 0.314 e. The number of pyridine rings is 2. The lowest BCUT2D eigenvalue weighted by molar-refractivity contribution is -0.132. The van der Waals surface area contributed by atoms with Crippen LogP contribution < -0.4 is 22.1 Å². The minimum Gasteiger partial charge on any atom is -0.400 e. The van der Waals surface area contributed by atoms with Crippen LogP contribution in [0.15, 0.2) is 48.5 Å². The number of nitrogens with one attached hydrogen (secondary N) is 2. The first-order valence-electron chi connectivity index (χ1n) is 11.0. The number of nitrogen functional groups attached to an aromatic ring is 2. The number of anilines is 4. The summed E-state index contributed by atoms with van der Waals surface area (Å²) in [5, 5.41) is 34.6. The number of aryl methyl sites for hydroxylation is 2. The van der Waals surface area contributed by atoms with E-state index in [-0.39, 0.29) is 0 Å². The lowest BCUT2D eigenvalue weighted by Gasteiger charge is -2.10. The minimum absolute atomic E-state index is 0.447. The van der Waals surface area contributed by atoms with Crippen LogP contribution in [-0.2, 0) is 9.59 Å². The van der Waals surface area contributed by atoms with E-state index in [0.717, 1.165) is 39.8 Å². The first kappa shape index (κ1) is 33.6. The van der Waals surface area contributed by atoms with E-state index in [2.05, 4.69) is 20.6 Å². The summed E-state index contributed by atoms with van der Waals surface area (Å²) in [7, 11) is 4.00. The molecule has 206 valence electrons. The number of aromatic nitrogens is 2. The van der Waals surface area contributed by atoms with Crippen molar-refractivity contribution in [2.24, 2.45) is 0 Å². The molecule has 0 spiro atoms. The van der Waals surface area contributed by atoms with Crippen molar-refractivity contribution < 1.29 is 30.0 Å². The van der Waals surface area contributed by atoms with E-state index < -0.39 is 11.8 Å². The summed E-state index contributed by atoms with van der Waals surface area (Å²) in [4.78, 5) is 33.5. The number of rotatable bonds is 2. The van der Waals surface area contributed by atoms with Gasteiger partial charge in [0.05, 0.1) is 11.0 Å². The molecule has 10 N–H and O–H groups in total. The quantitative estimate of drug-likeness (QED) is 0.176. The zero-order chi connectivity index (χ0) is 29.4. The number of hydrogen-bond acceptors (Lipinski definition) is 10. The summed E-state index contributed by atoms with van der Waals surface area (Å²) < 4.78 is 0. The molecule has 38 heavy (non-hydrogen) atoms. The fourth-order valence-electron chi connectivity index (χ4n) is 3.31. The lowest BCUT2D eigenvalue weighted by Crippen LogP contribution is -2.29. The molecule has 2 amide bonds. The molecule has 0 atom stereocenters. The minimum atomic E-state index is -0.803. The third-order valence-corrected chi connectivity index (χ3v) is 4.66. The van der Waals surface area contributed by atoms with E-state index in [1.165, 1.54) is 0 Å². The number of hydrogen-bond donors (Lipinski definition) is 8. The number of nitrogens with two attached hydrogens (primary N) is 2. The Hall–Kier alpha value is -4.36. The van der Waals surface area contributed by atoms with Crippen LogP contribution in [0.25, 0.3) is 21.8 Å². The van der Waals surface area contributed by atoms with Gasteiger partial charge in [0.25, 0.3) is 0 Å². The molecular weight excluding hydrogens is 492 g/mol. The maximum Gasteiger partial charge on any atom is 0.314 e. The molecule has 0 saturated carbocycles. The van der Waals surface area contributed by atoms with Crippen molar-refractivity contribution in [2.45, 2.75) is 13.8 Å². The molecule has 0 saturated heterocycles. The van der Waals surface area contributed by atoms with Crippen molar-refractivity contribution in [2.75, 3.05) is 50.5 Å². The van der Waals surface area contributed by atoms with Crippen molar-refractivity contribution in [3.8, 4) is 0 Å². The zero-order valence-electron chi connectivity index (χ0n) is 22.3. The van der Waals surface area contributed by atoms with Crippen LogP contribution in [-0.4, -0.2) is 70.6 Å². The number of nitrogens with zero attached hydrogens (tertiary/aromatic N) is 2. The number of carbonyl (C=O) groups excluding carboxylic acids is 2. The Morgan fingerprint density at radius 2 is 0.921 bits per heavy atom. The second-order valence-electron chi connectivity index (χ2n) is 7.08. The molecule has 4 rings (SSSR count). The number of amides is 2. The maximum absolute atomic E-state index is 12.4. The van der Waals surface area contributed by atoms with Gasteiger partial charge in [0.1, 0.15) is 0 Å². The number of fused-ring (bicyclic) bond motifs is 2. The Labute approximate surface area is 221 Å². The SMILES string of the molecule is CO.CO.CO.CO.Cc1cc(N)c2cc(NC(=O)C(=O)Nc3ccc4nc(C)cc(N)c4c3)ccc2n1. The van der Waals surface area contributed by atoms with Gasteiger partial charge in [-0.1, -0.05) is 0 Å². The molecule has 0 radical (unpaired) electrons. The molecule has 0 aliphatic heterocycles. The van der Waals surface area contributed by atoms with Gasteiger partial charge in [0.15, 0.2) is 0 Å². The highest BCUT2D eigenvalue weighted by Crippen LogP contribution is 2.25. The van der Waals surface area contributed by atoms with Crippen LogP contribution in [0.5, 0.6) is 0 Å². The van der Waals surface area contributed by atoms with E-state index in [1.807, 2.05) is 13.8 Å². The summed E-state index contributed by atoms with van der Waals surface area (Å²) in [6.45, 7) is 3.71. The molecule has 12 nitrogen and oxygen atoms in total. The first-order valence-corrected chi connectivity index (χ1v) is 11.0. The number of aliphatic hydroxyl groups excluding tert-OH is 4. The van der Waals surface area contributed by atoms with Gasteiger partial charge in [-0.3, -0.25) is 19.6 Å². The van der Waals surface area contributed by atoms with Crippen molar-refractivity contribution in [3.63, 3.8) is 0 Å². The van der Waals surface area contributed by atoms with Gasteiger partial charge in [-0.2, -0.15) is 0 Å². The number of benzene rings is 2. The molecule has 0 fully saturated rings. The summed E-state index contributed by atoms with van der Waals surface area (Å²) in [6.07, 6.45) is 0. The maximum atomic E-state index is 12.4.